The number of carbonyl (C=O) groups excluding carboxylic acids is 2. The number of hydrogen-bond acceptors (Lipinski definition) is 2. The zero-order valence-electron chi connectivity index (χ0n) is 9.22. The molecule has 0 radical (unpaired) electrons. The Kier molecular flexibility index (Phi) is 5.05. The molecule has 0 saturated carbocycles. The van der Waals surface area contributed by atoms with Gasteiger partial charge in [-0.3, -0.25) is 9.59 Å². The van der Waals surface area contributed by atoms with Crippen LogP contribution in [0, 0.1) is 0 Å². The summed E-state index contributed by atoms with van der Waals surface area (Å²) in [5.41, 5.74) is 1.65. The molecular formula is C12H15NO2S. The van der Waals surface area contributed by atoms with Crippen molar-refractivity contribution in [2.24, 2.45) is 0 Å². The van der Waals surface area contributed by atoms with Crippen LogP contribution in [-0.2, 0) is 6.42 Å². The van der Waals surface area contributed by atoms with Crippen molar-refractivity contribution in [2.75, 3.05) is 13.1 Å². The largest absolute Gasteiger partial charge is 0.334 e. The molecule has 1 aromatic carbocycles. The van der Waals surface area contributed by atoms with Crippen LogP contribution < -0.4 is 0 Å². The molecule has 0 aromatic heterocycles. The molecule has 0 aliphatic carbocycles. The third-order valence-corrected chi connectivity index (χ3v) is 2.77. The van der Waals surface area contributed by atoms with Crippen molar-refractivity contribution < 1.29 is 9.59 Å². The Bertz CT molecular complexity index is 379. The zero-order chi connectivity index (χ0) is 12.0. The Morgan fingerprint density at radius 1 is 1.44 bits per heavy atom. The SMILES string of the molecule is CCN(CCc1ccccc1C=O)C(=O)S. The van der Waals surface area contributed by atoms with Gasteiger partial charge in [0.1, 0.15) is 6.29 Å². The van der Waals surface area contributed by atoms with Crippen LogP contribution in [0.2, 0.25) is 0 Å². The second kappa shape index (κ2) is 6.33. The molecule has 0 unspecified atom stereocenters. The van der Waals surface area contributed by atoms with Gasteiger partial charge in [0.25, 0.3) is 5.24 Å². The van der Waals surface area contributed by atoms with Gasteiger partial charge < -0.3 is 4.90 Å². The number of nitrogens with zero attached hydrogens (tertiary/aromatic N) is 1. The lowest BCUT2D eigenvalue weighted by Gasteiger charge is -2.18. The number of hydrogen-bond donors (Lipinski definition) is 1. The smallest absolute Gasteiger partial charge is 0.278 e. The summed E-state index contributed by atoms with van der Waals surface area (Å²) in [6.45, 7) is 3.12. The minimum Gasteiger partial charge on any atom is -0.334 e. The maximum absolute atomic E-state index is 11.1. The van der Waals surface area contributed by atoms with Crippen LogP contribution in [0.15, 0.2) is 24.3 Å². The van der Waals surface area contributed by atoms with Crippen molar-refractivity contribution in [3.8, 4) is 0 Å². The highest BCUT2D eigenvalue weighted by atomic mass is 32.1. The maximum Gasteiger partial charge on any atom is 0.278 e. The van der Waals surface area contributed by atoms with Crippen LogP contribution in [0.3, 0.4) is 0 Å². The topological polar surface area (TPSA) is 37.4 Å². The van der Waals surface area contributed by atoms with Gasteiger partial charge in [0.15, 0.2) is 0 Å². The van der Waals surface area contributed by atoms with E-state index < -0.39 is 0 Å². The van der Waals surface area contributed by atoms with E-state index in [9.17, 15) is 9.59 Å². The lowest BCUT2D eigenvalue weighted by molar-refractivity contribution is 0.112. The molecule has 86 valence electrons. The first-order valence-corrected chi connectivity index (χ1v) is 5.64. The molecule has 0 spiro atoms. The third kappa shape index (κ3) is 3.38. The number of amides is 1. The lowest BCUT2D eigenvalue weighted by Crippen LogP contribution is -2.28. The van der Waals surface area contributed by atoms with E-state index in [2.05, 4.69) is 12.6 Å². The molecule has 1 aromatic rings. The summed E-state index contributed by atoms with van der Waals surface area (Å²) in [5, 5.41) is -0.230. The molecule has 4 heteroatoms. The summed E-state index contributed by atoms with van der Waals surface area (Å²) in [5.74, 6) is 0. The van der Waals surface area contributed by atoms with E-state index in [0.717, 1.165) is 11.8 Å². The molecular weight excluding hydrogens is 222 g/mol. The van der Waals surface area contributed by atoms with Crippen molar-refractivity contribution in [1.82, 2.24) is 4.90 Å². The molecule has 0 saturated heterocycles. The molecule has 3 nitrogen and oxygen atoms in total. The summed E-state index contributed by atoms with van der Waals surface area (Å²) in [4.78, 5) is 23.5. The van der Waals surface area contributed by atoms with Gasteiger partial charge in [0.05, 0.1) is 0 Å². The molecule has 0 heterocycles. The van der Waals surface area contributed by atoms with Crippen LogP contribution in [0.5, 0.6) is 0 Å². The summed E-state index contributed by atoms with van der Waals surface area (Å²) in [6, 6.07) is 7.40. The summed E-state index contributed by atoms with van der Waals surface area (Å²) in [7, 11) is 0. The first-order valence-electron chi connectivity index (χ1n) is 5.20. The molecule has 1 amide bonds. The Labute approximate surface area is 101 Å². The van der Waals surface area contributed by atoms with Crippen LogP contribution in [0.25, 0.3) is 0 Å². The lowest BCUT2D eigenvalue weighted by atomic mass is 10.1. The van der Waals surface area contributed by atoms with Crippen LogP contribution in [0.4, 0.5) is 4.79 Å². The number of benzene rings is 1. The fourth-order valence-electron chi connectivity index (χ4n) is 1.52. The van der Waals surface area contributed by atoms with Crippen molar-refractivity contribution in [3.05, 3.63) is 35.4 Å². The average molecular weight is 237 g/mol. The normalized spacial score (nSPS) is 9.88. The minimum absolute atomic E-state index is 0.230. The molecule has 16 heavy (non-hydrogen) atoms. The molecule has 0 aliphatic rings. The van der Waals surface area contributed by atoms with Gasteiger partial charge in [-0.25, -0.2) is 0 Å². The molecule has 0 N–H and O–H groups in total. The van der Waals surface area contributed by atoms with E-state index in [0.29, 0.717) is 25.1 Å². The van der Waals surface area contributed by atoms with E-state index >= 15 is 0 Å². The second-order valence-corrected chi connectivity index (χ2v) is 3.81. The summed E-state index contributed by atoms with van der Waals surface area (Å²) < 4.78 is 0. The number of aldehydes is 1. The quantitative estimate of drug-likeness (QED) is 0.631. The first kappa shape index (κ1) is 12.8. The highest BCUT2D eigenvalue weighted by Gasteiger charge is 2.08. The van der Waals surface area contributed by atoms with Gasteiger partial charge in [-0.05, 0) is 18.9 Å². The number of rotatable bonds is 5. The minimum atomic E-state index is -0.230. The molecule has 0 fully saturated rings. The van der Waals surface area contributed by atoms with Gasteiger partial charge in [-0.2, -0.15) is 0 Å². The van der Waals surface area contributed by atoms with Crippen LogP contribution in [0.1, 0.15) is 22.8 Å². The predicted octanol–water partition coefficient (Wildman–Crippen LogP) is 2.41. The van der Waals surface area contributed by atoms with E-state index in [1.807, 2.05) is 25.1 Å². The third-order valence-electron chi connectivity index (χ3n) is 2.49. The highest BCUT2D eigenvalue weighted by Crippen LogP contribution is 2.08. The van der Waals surface area contributed by atoms with Crippen LogP contribution in [-0.4, -0.2) is 29.5 Å². The van der Waals surface area contributed by atoms with Gasteiger partial charge in [0, 0.05) is 18.7 Å². The van der Waals surface area contributed by atoms with Gasteiger partial charge >= 0.3 is 0 Å². The zero-order valence-corrected chi connectivity index (χ0v) is 10.1. The maximum atomic E-state index is 11.1. The van der Waals surface area contributed by atoms with Crippen molar-refractivity contribution >= 4 is 24.2 Å². The van der Waals surface area contributed by atoms with E-state index in [1.165, 1.54) is 0 Å². The number of thiol groups is 1. The number of likely N-dealkylation sites (N-methyl/N-ethyl adjacent to an activating group) is 1. The summed E-state index contributed by atoms with van der Waals surface area (Å²) in [6.07, 6.45) is 1.52. The Morgan fingerprint density at radius 2 is 2.12 bits per heavy atom. The second-order valence-electron chi connectivity index (χ2n) is 3.43. The average Bonchev–Trinajstić information content (AvgIpc) is 2.30. The van der Waals surface area contributed by atoms with Gasteiger partial charge in [0.2, 0.25) is 0 Å². The van der Waals surface area contributed by atoms with Crippen LogP contribution >= 0.6 is 12.6 Å². The van der Waals surface area contributed by atoms with Gasteiger partial charge in [-0.1, -0.05) is 36.9 Å². The fourth-order valence-corrected chi connectivity index (χ4v) is 1.76. The highest BCUT2D eigenvalue weighted by molar-refractivity contribution is 7.96. The van der Waals surface area contributed by atoms with E-state index in [-0.39, 0.29) is 5.24 Å². The Hall–Kier alpha value is -1.29. The number of carbonyl (C=O) groups is 2. The molecule has 0 bridgehead atoms. The van der Waals surface area contributed by atoms with E-state index in [1.54, 1.807) is 11.0 Å². The van der Waals surface area contributed by atoms with Crippen molar-refractivity contribution in [1.29, 1.82) is 0 Å². The fraction of sp³-hybridized carbons (Fsp3) is 0.333. The predicted molar refractivity (Wildman–Crippen MR) is 67.2 cm³/mol. The Morgan fingerprint density at radius 3 is 2.69 bits per heavy atom. The molecule has 0 atom stereocenters. The van der Waals surface area contributed by atoms with E-state index in [4.69, 9.17) is 0 Å². The first-order chi connectivity index (χ1) is 7.69. The monoisotopic (exact) mass is 237 g/mol. The molecule has 0 aliphatic heterocycles. The Balaban J connectivity index is 2.66. The standard InChI is InChI=1S/C12H15NO2S/c1-2-13(12(15)16)8-7-10-5-3-4-6-11(10)9-14/h3-6,9H,2,7-8H2,1H3,(H,15,16). The van der Waals surface area contributed by atoms with Crippen molar-refractivity contribution in [2.45, 2.75) is 13.3 Å². The summed E-state index contributed by atoms with van der Waals surface area (Å²) >= 11 is 3.79. The van der Waals surface area contributed by atoms with Crippen molar-refractivity contribution in [3.63, 3.8) is 0 Å². The van der Waals surface area contributed by atoms with Gasteiger partial charge in [-0.15, -0.1) is 0 Å². The molecule has 1 rings (SSSR count).